The minimum atomic E-state index is -0.611. The van der Waals surface area contributed by atoms with E-state index >= 15 is 0 Å². The highest BCUT2D eigenvalue weighted by Crippen LogP contribution is 2.64. The van der Waals surface area contributed by atoms with Crippen LogP contribution in [-0.4, -0.2) is 30.4 Å². The average molecular weight is 320 g/mol. The molecule has 4 bridgehead atoms. The summed E-state index contributed by atoms with van der Waals surface area (Å²) in [5.41, 5.74) is -0.503. The van der Waals surface area contributed by atoms with Crippen molar-refractivity contribution in [3.8, 4) is 0 Å². The smallest absolute Gasteiger partial charge is 0.344 e. The van der Waals surface area contributed by atoms with Gasteiger partial charge in [0.05, 0.1) is 5.41 Å². The van der Waals surface area contributed by atoms with Gasteiger partial charge in [0.1, 0.15) is 11.9 Å². The summed E-state index contributed by atoms with van der Waals surface area (Å²) in [6.07, 6.45) is 3.14. The molecule has 4 saturated carbocycles. The zero-order valence-corrected chi connectivity index (χ0v) is 14.0. The van der Waals surface area contributed by atoms with Gasteiger partial charge in [-0.15, -0.1) is 0 Å². The number of hydrogen-bond acceptors (Lipinski definition) is 5. The van der Waals surface area contributed by atoms with E-state index in [0.29, 0.717) is 5.92 Å². The van der Waals surface area contributed by atoms with Gasteiger partial charge < -0.3 is 9.47 Å². The van der Waals surface area contributed by atoms with Gasteiger partial charge in [-0.2, -0.15) is 0 Å². The fourth-order valence-electron chi connectivity index (χ4n) is 5.30. The molecule has 4 rings (SSSR count). The van der Waals surface area contributed by atoms with Crippen LogP contribution in [0.4, 0.5) is 0 Å². The molecule has 0 amide bonds. The second kappa shape index (κ2) is 5.18. The van der Waals surface area contributed by atoms with Crippen molar-refractivity contribution in [1.29, 1.82) is 0 Å². The lowest BCUT2D eigenvalue weighted by molar-refractivity contribution is -0.213. The highest BCUT2D eigenvalue weighted by Gasteiger charge is 2.66. The van der Waals surface area contributed by atoms with Crippen molar-refractivity contribution >= 4 is 17.7 Å². The molecule has 0 aromatic carbocycles. The number of Topliss-reactive ketones (excluding diaryl/α,β-unsaturated/α-hetero) is 1. The molecule has 0 aromatic rings. The number of hydrogen-bond donors (Lipinski definition) is 0. The highest BCUT2D eigenvalue weighted by atomic mass is 16.6. The van der Waals surface area contributed by atoms with Gasteiger partial charge in [0.25, 0.3) is 0 Å². The topological polar surface area (TPSA) is 69.7 Å². The van der Waals surface area contributed by atoms with Crippen LogP contribution in [0.5, 0.6) is 0 Å². The van der Waals surface area contributed by atoms with Crippen LogP contribution in [0.3, 0.4) is 0 Å². The Kier molecular flexibility index (Phi) is 3.65. The maximum Gasteiger partial charge on any atom is 0.344 e. The largest absolute Gasteiger partial charge is 0.458 e. The first-order valence-electron chi connectivity index (χ1n) is 8.22. The van der Waals surface area contributed by atoms with Crippen LogP contribution in [0.1, 0.15) is 46.5 Å². The van der Waals surface area contributed by atoms with Crippen LogP contribution >= 0.6 is 0 Å². The van der Waals surface area contributed by atoms with E-state index in [0.717, 1.165) is 25.7 Å². The molecule has 0 aromatic heterocycles. The summed E-state index contributed by atoms with van der Waals surface area (Å²) in [5, 5.41) is 0. The first-order valence-corrected chi connectivity index (χ1v) is 8.22. The molecule has 0 radical (unpaired) electrons. The van der Waals surface area contributed by atoms with Gasteiger partial charge in [-0.1, -0.05) is 13.5 Å². The first-order chi connectivity index (χ1) is 10.7. The molecule has 5 unspecified atom stereocenters. The quantitative estimate of drug-likeness (QED) is 0.588. The fourth-order valence-corrected chi connectivity index (χ4v) is 5.30. The standard InChI is InChI=1S/C18H24O5/c1-10(2)15(21)22-9-13(19)23-16-17(3)6-11-5-12(8-17)14(20)18(16,4)7-11/h11-12,16H,1,5-9H2,2-4H3. The molecular formula is C18H24O5. The van der Waals surface area contributed by atoms with Crippen LogP contribution < -0.4 is 0 Å². The van der Waals surface area contributed by atoms with Gasteiger partial charge in [-0.05, 0) is 45.4 Å². The number of rotatable bonds is 4. The molecule has 0 spiro atoms. The first kappa shape index (κ1) is 16.2. The summed E-state index contributed by atoms with van der Waals surface area (Å²) in [7, 11) is 0. The molecule has 4 fully saturated rings. The number of ether oxygens (including phenoxy) is 2. The van der Waals surface area contributed by atoms with Crippen LogP contribution in [0.2, 0.25) is 0 Å². The third-order valence-corrected chi connectivity index (χ3v) is 5.86. The van der Waals surface area contributed by atoms with E-state index < -0.39 is 30.1 Å². The Balaban J connectivity index is 1.72. The normalized spacial score (nSPS) is 40.8. The average Bonchev–Trinajstić information content (AvgIpc) is 2.45. The molecule has 126 valence electrons. The number of esters is 2. The molecule has 0 aliphatic heterocycles. The van der Waals surface area contributed by atoms with Gasteiger partial charge >= 0.3 is 11.9 Å². The van der Waals surface area contributed by atoms with Gasteiger partial charge in [0, 0.05) is 16.9 Å². The van der Waals surface area contributed by atoms with Gasteiger partial charge in [0.15, 0.2) is 6.61 Å². The fraction of sp³-hybridized carbons (Fsp3) is 0.722. The number of carbonyl (C=O) groups excluding carboxylic acids is 3. The predicted molar refractivity (Wildman–Crippen MR) is 82.3 cm³/mol. The van der Waals surface area contributed by atoms with E-state index in [2.05, 4.69) is 13.5 Å². The minimum absolute atomic E-state index is 0.119. The van der Waals surface area contributed by atoms with Crippen molar-refractivity contribution < 1.29 is 23.9 Å². The summed E-state index contributed by atoms with van der Waals surface area (Å²) in [5.74, 6) is -0.290. The molecule has 5 nitrogen and oxygen atoms in total. The number of ketones is 1. The lowest BCUT2D eigenvalue weighted by Gasteiger charge is -2.62. The molecular weight excluding hydrogens is 296 g/mol. The summed E-state index contributed by atoms with van der Waals surface area (Å²) in [6, 6.07) is 0. The van der Waals surface area contributed by atoms with E-state index in [1.165, 1.54) is 6.92 Å². The maximum atomic E-state index is 12.7. The molecule has 4 aliphatic rings. The Labute approximate surface area is 136 Å². The predicted octanol–water partition coefficient (Wildman–Crippen LogP) is 2.43. The van der Waals surface area contributed by atoms with Crippen molar-refractivity contribution in [2.75, 3.05) is 6.61 Å². The zero-order chi connectivity index (χ0) is 17.0. The Morgan fingerprint density at radius 3 is 2.61 bits per heavy atom. The van der Waals surface area contributed by atoms with Crippen molar-refractivity contribution in [1.82, 2.24) is 0 Å². The van der Waals surface area contributed by atoms with E-state index in [1.54, 1.807) is 0 Å². The van der Waals surface area contributed by atoms with Crippen LogP contribution in [0.25, 0.3) is 0 Å². The van der Waals surface area contributed by atoms with E-state index in [4.69, 9.17) is 9.47 Å². The third-order valence-electron chi connectivity index (χ3n) is 5.86. The van der Waals surface area contributed by atoms with Gasteiger partial charge in [0.2, 0.25) is 0 Å². The van der Waals surface area contributed by atoms with Crippen LogP contribution in [0.15, 0.2) is 12.2 Å². The summed E-state index contributed by atoms with van der Waals surface area (Å²) in [4.78, 5) is 36.2. The lowest BCUT2D eigenvalue weighted by atomic mass is 9.43. The van der Waals surface area contributed by atoms with Gasteiger partial charge in [-0.25, -0.2) is 9.59 Å². The van der Waals surface area contributed by atoms with E-state index in [-0.39, 0.29) is 22.7 Å². The Bertz CT molecular complexity index is 594. The SMILES string of the molecule is C=C(C)C(=O)OCC(=O)OC1C2(C)CC3CC(C2)C(=O)C1(C)C3. The lowest BCUT2D eigenvalue weighted by Crippen LogP contribution is -2.65. The molecule has 4 aliphatic carbocycles. The maximum absolute atomic E-state index is 12.7. The molecule has 0 heterocycles. The summed E-state index contributed by atoms with van der Waals surface area (Å²) >= 11 is 0. The minimum Gasteiger partial charge on any atom is -0.458 e. The van der Waals surface area contributed by atoms with Crippen LogP contribution in [-0.2, 0) is 23.9 Å². The van der Waals surface area contributed by atoms with Crippen LogP contribution in [0, 0.1) is 22.7 Å². The molecule has 5 heteroatoms. The Morgan fingerprint density at radius 2 is 1.96 bits per heavy atom. The van der Waals surface area contributed by atoms with E-state index in [1.807, 2.05) is 6.92 Å². The van der Waals surface area contributed by atoms with Crippen molar-refractivity contribution in [3.63, 3.8) is 0 Å². The van der Waals surface area contributed by atoms with Crippen molar-refractivity contribution in [2.24, 2.45) is 22.7 Å². The van der Waals surface area contributed by atoms with Gasteiger partial charge in [-0.3, -0.25) is 4.79 Å². The second-order valence-corrected chi connectivity index (χ2v) is 8.07. The summed E-state index contributed by atoms with van der Waals surface area (Å²) in [6.45, 7) is 8.61. The highest BCUT2D eigenvalue weighted by molar-refractivity contribution is 5.91. The van der Waals surface area contributed by atoms with Crippen molar-refractivity contribution in [2.45, 2.75) is 52.6 Å². The molecule has 5 atom stereocenters. The Morgan fingerprint density at radius 1 is 1.26 bits per heavy atom. The molecule has 23 heavy (non-hydrogen) atoms. The zero-order valence-electron chi connectivity index (χ0n) is 14.0. The summed E-state index contributed by atoms with van der Waals surface area (Å²) < 4.78 is 10.5. The second-order valence-electron chi connectivity index (χ2n) is 8.07. The van der Waals surface area contributed by atoms with Crippen molar-refractivity contribution in [3.05, 3.63) is 12.2 Å². The monoisotopic (exact) mass is 320 g/mol. The molecule has 0 N–H and O–H groups in total. The number of carbonyl (C=O) groups is 3. The molecule has 0 saturated heterocycles. The third kappa shape index (κ3) is 2.50. The van der Waals surface area contributed by atoms with E-state index in [9.17, 15) is 14.4 Å². The Hall–Kier alpha value is -1.65.